The van der Waals surface area contributed by atoms with Crippen molar-refractivity contribution in [2.75, 3.05) is 17.7 Å². The molecule has 2 rings (SSSR count). The number of aromatic nitrogens is 2. The molecule has 0 radical (unpaired) electrons. The fraction of sp³-hybridized carbons (Fsp3) is 0.800. The maximum absolute atomic E-state index is 5.60. The number of hydrogen-bond donors (Lipinski definition) is 1. The van der Waals surface area contributed by atoms with Gasteiger partial charge in [0.15, 0.2) is 0 Å². The third-order valence-corrected chi connectivity index (χ3v) is 3.43. The highest BCUT2D eigenvalue weighted by molar-refractivity contribution is 7.09. The van der Waals surface area contributed by atoms with Gasteiger partial charge >= 0.3 is 0 Å². The van der Waals surface area contributed by atoms with Crippen LogP contribution in [0, 0.1) is 0 Å². The second kappa shape index (κ2) is 5.66. The van der Waals surface area contributed by atoms with Gasteiger partial charge in [-0.3, -0.25) is 0 Å². The van der Waals surface area contributed by atoms with Gasteiger partial charge in [-0.25, -0.2) is 4.98 Å². The maximum atomic E-state index is 5.60. The summed E-state index contributed by atoms with van der Waals surface area (Å²) < 4.78 is 4.34. The van der Waals surface area contributed by atoms with Gasteiger partial charge in [0, 0.05) is 29.9 Å². The van der Waals surface area contributed by atoms with Crippen molar-refractivity contribution < 1.29 is 0 Å². The predicted octanol–water partition coefficient (Wildman–Crippen LogP) is 3.24. The molecule has 0 spiro atoms. The van der Waals surface area contributed by atoms with E-state index in [2.05, 4.69) is 14.7 Å². The van der Waals surface area contributed by atoms with E-state index in [1.807, 2.05) is 0 Å². The standard InChI is InChI=1S/C10H16ClN3S/c11-6-2-1-3-7-12-10-13-9(14-15-10)8-4-5-8/h8H,1-7H2,(H,12,13,14). The lowest BCUT2D eigenvalue weighted by Crippen LogP contribution is -2.01. The molecule has 0 saturated heterocycles. The first-order valence-electron chi connectivity index (χ1n) is 5.53. The first-order valence-corrected chi connectivity index (χ1v) is 6.84. The number of anilines is 1. The van der Waals surface area contributed by atoms with Crippen molar-refractivity contribution in [2.45, 2.75) is 38.0 Å². The van der Waals surface area contributed by atoms with Crippen LogP contribution in [0.3, 0.4) is 0 Å². The van der Waals surface area contributed by atoms with E-state index < -0.39 is 0 Å². The molecule has 1 heterocycles. The van der Waals surface area contributed by atoms with E-state index in [1.165, 1.54) is 30.8 Å². The molecule has 0 aromatic carbocycles. The predicted molar refractivity (Wildman–Crippen MR) is 64.9 cm³/mol. The summed E-state index contributed by atoms with van der Waals surface area (Å²) in [4.78, 5) is 4.46. The van der Waals surface area contributed by atoms with Gasteiger partial charge in [-0.15, -0.1) is 11.6 Å². The number of alkyl halides is 1. The van der Waals surface area contributed by atoms with Gasteiger partial charge in [0.2, 0.25) is 5.13 Å². The Kier molecular flexibility index (Phi) is 4.20. The molecule has 0 atom stereocenters. The number of nitrogens with one attached hydrogen (secondary N) is 1. The summed E-state index contributed by atoms with van der Waals surface area (Å²) in [5, 5.41) is 4.28. The summed E-state index contributed by atoms with van der Waals surface area (Å²) in [6.45, 7) is 0.982. The largest absolute Gasteiger partial charge is 0.360 e. The Morgan fingerprint density at radius 3 is 2.93 bits per heavy atom. The highest BCUT2D eigenvalue weighted by atomic mass is 35.5. The summed E-state index contributed by atoms with van der Waals surface area (Å²) in [7, 11) is 0. The SMILES string of the molecule is ClCCCCCNc1nc(C2CC2)ns1. The molecule has 1 aromatic heterocycles. The summed E-state index contributed by atoms with van der Waals surface area (Å²) in [5.41, 5.74) is 0. The lowest BCUT2D eigenvalue weighted by molar-refractivity contribution is 0.746. The van der Waals surface area contributed by atoms with E-state index in [0.717, 1.165) is 36.2 Å². The van der Waals surface area contributed by atoms with Crippen LogP contribution in [0.25, 0.3) is 0 Å². The van der Waals surface area contributed by atoms with Gasteiger partial charge in [0.25, 0.3) is 0 Å². The highest BCUT2D eigenvalue weighted by Crippen LogP contribution is 2.39. The molecular formula is C10H16ClN3S. The Hall–Kier alpha value is -0.350. The molecule has 1 fully saturated rings. The zero-order valence-electron chi connectivity index (χ0n) is 8.71. The molecule has 0 aliphatic heterocycles. The van der Waals surface area contributed by atoms with Crippen molar-refractivity contribution in [3.8, 4) is 0 Å². The second-order valence-electron chi connectivity index (χ2n) is 3.91. The first-order chi connectivity index (χ1) is 7.40. The molecule has 1 aromatic rings. The first kappa shape index (κ1) is 11.1. The van der Waals surface area contributed by atoms with Gasteiger partial charge in [0.05, 0.1) is 0 Å². The molecule has 0 unspecified atom stereocenters. The van der Waals surface area contributed by atoms with Crippen LogP contribution in [0.5, 0.6) is 0 Å². The van der Waals surface area contributed by atoms with E-state index in [0.29, 0.717) is 5.92 Å². The number of hydrogen-bond acceptors (Lipinski definition) is 4. The molecule has 5 heteroatoms. The molecule has 1 aliphatic rings. The summed E-state index contributed by atoms with van der Waals surface area (Å²) in [6, 6.07) is 0. The number of rotatable bonds is 7. The lowest BCUT2D eigenvalue weighted by atomic mass is 10.2. The summed E-state index contributed by atoms with van der Waals surface area (Å²) in [6.07, 6.45) is 5.99. The van der Waals surface area contributed by atoms with Crippen molar-refractivity contribution in [2.24, 2.45) is 0 Å². The Morgan fingerprint density at radius 2 is 2.20 bits per heavy atom. The normalized spacial score (nSPS) is 15.5. The van der Waals surface area contributed by atoms with E-state index in [4.69, 9.17) is 11.6 Å². The van der Waals surface area contributed by atoms with Gasteiger partial charge in [0.1, 0.15) is 5.82 Å². The fourth-order valence-corrected chi connectivity index (χ4v) is 2.27. The Labute approximate surface area is 99.4 Å². The molecule has 3 nitrogen and oxygen atoms in total. The molecular weight excluding hydrogens is 230 g/mol. The average molecular weight is 246 g/mol. The van der Waals surface area contributed by atoms with Gasteiger partial charge in [-0.1, -0.05) is 6.42 Å². The summed E-state index contributed by atoms with van der Waals surface area (Å²) >= 11 is 7.09. The smallest absolute Gasteiger partial charge is 0.202 e. The zero-order valence-corrected chi connectivity index (χ0v) is 10.3. The Morgan fingerprint density at radius 1 is 1.33 bits per heavy atom. The summed E-state index contributed by atoms with van der Waals surface area (Å²) in [5.74, 6) is 2.47. The Balaban J connectivity index is 1.64. The van der Waals surface area contributed by atoms with E-state index in [-0.39, 0.29) is 0 Å². The highest BCUT2D eigenvalue weighted by Gasteiger charge is 2.27. The van der Waals surface area contributed by atoms with E-state index in [1.54, 1.807) is 0 Å². The van der Waals surface area contributed by atoms with Gasteiger partial charge in [-0.2, -0.15) is 4.37 Å². The minimum atomic E-state index is 0.660. The van der Waals surface area contributed by atoms with Crippen LogP contribution in [0.2, 0.25) is 0 Å². The van der Waals surface area contributed by atoms with Crippen LogP contribution in [0.15, 0.2) is 0 Å². The molecule has 0 bridgehead atoms. The fourth-order valence-electron chi connectivity index (χ4n) is 1.41. The molecule has 1 saturated carbocycles. The number of unbranched alkanes of at least 4 members (excludes halogenated alkanes) is 2. The third kappa shape index (κ3) is 3.61. The Bertz CT molecular complexity index is 299. The molecule has 0 amide bonds. The van der Waals surface area contributed by atoms with Crippen LogP contribution in [0.1, 0.15) is 43.8 Å². The van der Waals surface area contributed by atoms with E-state index >= 15 is 0 Å². The van der Waals surface area contributed by atoms with Crippen molar-refractivity contribution in [3.05, 3.63) is 5.82 Å². The minimum absolute atomic E-state index is 0.660. The molecule has 15 heavy (non-hydrogen) atoms. The van der Waals surface area contributed by atoms with Crippen molar-refractivity contribution in [3.63, 3.8) is 0 Å². The van der Waals surface area contributed by atoms with Gasteiger partial charge in [-0.05, 0) is 25.7 Å². The van der Waals surface area contributed by atoms with Crippen LogP contribution >= 0.6 is 23.1 Å². The number of nitrogens with zero attached hydrogens (tertiary/aromatic N) is 2. The molecule has 1 N–H and O–H groups in total. The van der Waals surface area contributed by atoms with Crippen LogP contribution in [-0.4, -0.2) is 21.8 Å². The van der Waals surface area contributed by atoms with Crippen LogP contribution in [-0.2, 0) is 0 Å². The lowest BCUT2D eigenvalue weighted by Gasteiger charge is -2.00. The monoisotopic (exact) mass is 245 g/mol. The second-order valence-corrected chi connectivity index (χ2v) is 5.04. The quantitative estimate of drug-likeness (QED) is 0.592. The third-order valence-electron chi connectivity index (χ3n) is 2.47. The maximum Gasteiger partial charge on any atom is 0.202 e. The van der Waals surface area contributed by atoms with Crippen molar-refractivity contribution >= 4 is 28.3 Å². The van der Waals surface area contributed by atoms with E-state index in [9.17, 15) is 0 Å². The topological polar surface area (TPSA) is 37.8 Å². The molecule has 84 valence electrons. The van der Waals surface area contributed by atoms with Crippen LogP contribution in [0.4, 0.5) is 5.13 Å². The van der Waals surface area contributed by atoms with Crippen LogP contribution < -0.4 is 5.32 Å². The van der Waals surface area contributed by atoms with Gasteiger partial charge < -0.3 is 5.32 Å². The molecule has 1 aliphatic carbocycles. The average Bonchev–Trinajstić information content (AvgIpc) is 2.99. The minimum Gasteiger partial charge on any atom is -0.360 e. The zero-order chi connectivity index (χ0) is 10.5. The van der Waals surface area contributed by atoms with Crippen molar-refractivity contribution in [1.82, 2.24) is 9.36 Å². The van der Waals surface area contributed by atoms with Crippen molar-refractivity contribution in [1.29, 1.82) is 0 Å². The number of halogens is 1.